The van der Waals surface area contributed by atoms with E-state index in [4.69, 9.17) is 9.47 Å². The number of carbonyl (C=O) groups excluding carboxylic acids is 2. The molecule has 0 aromatic heterocycles. The largest absolute Gasteiger partial charge is 0.480 e. The fraction of sp³-hybridized carbons (Fsp3) is 0.444. The number of hydrogen-bond acceptors (Lipinski definition) is 5. The van der Waals surface area contributed by atoms with E-state index >= 15 is 0 Å². The van der Waals surface area contributed by atoms with Crippen LogP contribution >= 0.6 is 0 Å². The smallest absolute Gasteiger partial charge is 0.407 e. The molecule has 2 unspecified atom stereocenters. The molecule has 2 aliphatic carbocycles. The van der Waals surface area contributed by atoms with Gasteiger partial charge in [0.2, 0.25) is 5.91 Å². The molecule has 0 radical (unpaired) electrons. The van der Waals surface area contributed by atoms with Crippen LogP contribution in [-0.2, 0) is 19.1 Å². The summed E-state index contributed by atoms with van der Waals surface area (Å²) >= 11 is 0. The minimum atomic E-state index is -1.07. The standard InChI is InChI=1S/C27H30N2O6/c30-25(29-12-13-34-16-24(29)26(31)32)22(17-6-5-7-17)14-28-27(33)35-15-23-20-10-3-1-8-18(20)19-9-2-4-11-21(19)23/h1-4,8-11,17,22-24H,5-7,12-16H2,(H,28,33)(H,31,32). The van der Waals surface area contributed by atoms with Crippen molar-refractivity contribution in [3.63, 3.8) is 0 Å². The number of hydrogen-bond donors (Lipinski definition) is 2. The van der Waals surface area contributed by atoms with Gasteiger partial charge in [-0.2, -0.15) is 0 Å². The number of morpholine rings is 1. The van der Waals surface area contributed by atoms with Gasteiger partial charge in [0.25, 0.3) is 0 Å². The molecule has 2 amide bonds. The van der Waals surface area contributed by atoms with Crippen molar-refractivity contribution < 1.29 is 29.0 Å². The third-order valence-corrected chi connectivity index (χ3v) is 7.54. The monoisotopic (exact) mass is 478 g/mol. The molecule has 0 spiro atoms. The molecule has 8 nitrogen and oxygen atoms in total. The summed E-state index contributed by atoms with van der Waals surface area (Å²) in [4.78, 5) is 39.0. The number of rotatable bonds is 7. The minimum absolute atomic E-state index is 0.0156. The van der Waals surface area contributed by atoms with Crippen LogP contribution in [0.2, 0.25) is 0 Å². The molecule has 1 saturated heterocycles. The molecule has 1 aliphatic heterocycles. The Hall–Kier alpha value is -3.39. The lowest BCUT2D eigenvalue weighted by Gasteiger charge is -2.39. The van der Waals surface area contributed by atoms with Gasteiger partial charge in [-0.15, -0.1) is 0 Å². The highest BCUT2D eigenvalue weighted by Gasteiger charge is 2.40. The predicted molar refractivity (Wildman–Crippen MR) is 128 cm³/mol. The number of nitrogens with one attached hydrogen (secondary N) is 1. The highest BCUT2D eigenvalue weighted by Crippen LogP contribution is 2.44. The number of carbonyl (C=O) groups is 3. The van der Waals surface area contributed by atoms with Crippen LogP contribution < -0.4 is 5.32 Å². The Morgan fingerprint density at radius 2 is 1.71 bits per heavy atom. The van der Waals surface area contributed by atoms with Crippen LogP contribution in [0.1, 0.15) is 36.3 Å². The third-order valence-electron chi connectivity index (χ3n) is 7.54. The van der Waals surface area contributed by atoms with Gasteiger partial charge in [-0.25, -0.2) is 9.59 Å². The predicted octanol–water partition coefficient (Wildman–Crippen LogP) is 3.25. The van der Waals surface area contributed by atoms with Crippen molar-refractivity contribution in [1.29, 1.82) is 0 Å². The van der Waals surface area contributed by atoms with E-state index in [2.05, 4.69) is 29.6 Å². The van der Waals surface area contributed by atoms with Gasteiger partial charge in [0.1, 0.15) is 6.61 Å². The van der Waals surface area contributed by atoms with Crippen LogP contribution in [-0.4, -0.2) is 66.9 Å². The number of benzene rings is 2. The normalized spacial score (nSPS) is 20.3. The van der Waals surface area contributed by atoms with Crippen molar-refractivity contribution in [3.05, 3.63) is 59.7 Å². The highest BCUT2D eigenvalue weighted by atomic mass is 16.5. The van der Waals surface area contributed by atoms with Gasteiger partial charge >= 0.3 is 12.1 Å². The number of carboxylic acid groups (broad SMARTS) is 1. The van der Waals surface area contributed by atoms with Gasteiger partial charge in [0.15, 0.2) is 6.04 Å². The van der Waals surface area contributed by atoms with E-state index in [1.807, 2.05) is 24.3 Å². The molecule has 2 N–H and O–H groups in total. The lowest BCUT2D eigenvalue weighted by Crippen LogP contribution is -2.56. The molecule has 35 heavy (non-hydrogen) atoms. The number of alkyl carbamates (subject to hydrolysis) is 1. The summed E-state index contributed by atoms with van der Waals surface area (Å²) in [6, 6.07) is 15.3. The number of fused-ring (bicyclic) bond motifs is 3. The second-order valence-corrected chi connectivity index (χ2v) is 9.46. The maximum absolute atomic E-state index is 13.3. The summed E-state index contributed by atoms with van der Waals surface area (Å²) in [6.45, 7) is 0.866. The van der Waals surface area contributed by atoms with Crippen molar-refractivity contribution in [1.82, 2.24) is 10.2 Å². The molecule has 1 heterocycles. The molecule has 2 atom stereocenters. The summed E-state index contributed by atoms with van der Waals surface area (Å²) in [7, 11) is 0. The summed E-state index contributed by atoms with van der Waals surface area (Å²) in [6.07, 6.45) is 2.25. The van der Waals surface area contributed by atoms with E-state index in [1.54, 1.807) is 0 Å². The molecule has 2 fully saturated rings. The average molecular weight is 479 g/mol. The van der Waals surface area contributed by atoms with Crippen molar-refractivity contribution in [3.8, 4) is 11.1 Å². The van der Waals surface area contributed by atoms with E-state index < -0.39 is 24.0 Å². The SMILES string of the molecule is O=C(NCC(C(=O)N1CCOCC1C(=O)O)C1CCC1)OCC1c2ccccc2-c2ccccc21. The summed E-state index contributed by atoms with van der Waals surface area (Å²) < 4.78 is 10.9. The molecule has 0 bridgehead atoms. The van der Waals surface area contributed by atoms with Crippen molar-refractivity contribution in [2.45, 2.75) is 31.2 Å². The Balaban J connectivity index is 1.22. The molecule has 3 aliphatic rings. The number of carboxylic acids is 1. The summed E-state index contributed by atoms with van der Waals surface area (Å²) in [5.74, 6) is -1.68. The molecule has 2 aromatic carbocycles. The van der Waals surface area contributed by atoms with Crippen LogP contribution in [0.4, 0.5) is 4.79 Å². The topological polar surface area (TPSA) is 105 Å². The summed E-state index contributed by atoms with van der Waals surface area (Å²) in [5, 5.41) is 12.3. The Morgan fingerprint density at radius 3 is 2.31 bits per heavy atom. The maximum Gasteiger partial charge on any atom is 0.407 e. The molecular formula is C27H30N2O6. The first kappa shape index (κ1) is 23.4. The lowest BCUT2D eigenvalue weighted by molar-refractivity contribution is -0.161. The van der Waals surface area contributed by atoms with Gasteiger partial charge in [0, 0.05) is 19.0 Å². The van der Waals surface area contributed by atoms with Gasteiger partial charge in [-0.3, -0.25) is 4.79 Å². The van der Waals surface area contributed by atoms with Crippen LogP contribution in [0.15, 0.2) is 48.5 Å². The molecule has 2 aromatic rings. The molecule has 184 valence electrons. The zero-order valence-electron chi connectivity index (χ0n) is 19.5. The zero-order chi connectivity index (χ0) is 24.4. The maximum atomic E-state index is 13.3. The molecule has 5 rings (SSSR count). The Bertz CT molecular complexity index is 1070. The third kappa shape index (κ3) is 4.62. The van der Waals surface area contributed by atoms with E-state index in [1.165, 1.54) is 4.90 Å². The second kappa shape index (κ2) is 10.1. The van der Waals surface area contributed by atoms with Gasteiger partial charge in [-0.1, -0.05) is 55.0 Å². The Morgan fingerprint density at radius 1 is 1.06 bits per heavy atom. The fourth-order valence-corrected chi connectivity index (χ4v) is 5.43. The number of amides is 2. The van der Waals surface area contributed by atoms with E-state index in [9.17, 15) is 19.5 Å². The minimum Gasteiger partial charge on any atom is -0.480 e. The first-order valence-electron chi connectivity index (χ1n) is 12.2. The van der Waals surface area contributed by atoms with Crippen molar-refractivity contribution in [2.24, 2.45) is 11.8 Å². The van der Waals surface area contributed by atoms with E-state index in [0.717, 1.165) is 41.5 Å². The number of aliphatic carboxylic acids is 1. The van der Waals surface area contributed by atoms with Crippen LogP contribution in [0, 0.1) is 11.8 Å². The van der Waals surface area contributed by atoms with Gasteiger partial charge in [0.05, 0.1) is 19.1 Å². The van der Waals surface area contributed by atoms with Crippen LogP contribution in [0.5, 0.6) is 0 Å². The Labute approximate surface area is 204 Å². The quantitative estimate of drug-likeness (QED) is 0.633. The second-order valence-electron chi connectivity index (χ2n) is 9.46. The first-order valence-corrected chi connectivity index (χ1v) is 12.2. The highest BCUT2D eigenvalue weighted by molar-refractivity contribution is 5.86. The average Bonchev–Trinajstić information content (AvgIpc) is 3.17. The Kier molecular flexibility index (Phi) is 6.72. The molecule has 8 heteroatoms. The van der Waals surface area contributed by atoms with Crippen LogP contribution in [0.25, 0.3) is 11.1 Å². The number of ether oxygens (including phenoxy) is 2. The van der Waals surface area contributed by atoms with E-state index in [-0.39, 0.29) is 44.0 Å². The van der Waals surface area contributed by atoms with Gasteiger partial charge in [-0.05, 0) is 41.0 Å². The van der Waals surface area contributed by atoms with Crippen molar-refractivity contribution in [2.75, 3.05) is 32.9 Å². The number of nitrogens with zero attached hydrogens (tertiary/aromatic N) is 1. The fourth-order valence-electron chi connectivity index (χ4n) is 5.43. The first-order chi connectivity index (χ1) is 17.0. The molecule has 1 saturated carbocycles. The zero-order valence-corrected chi connectivity index (χ0v) is 19.5. The van der Waals surface area contributed by atoms with E-state index in [0.29, 0.717) is 6.61 Å². The summed E-state index contributed by atoms with van der Waals surface area (Å²) in [5.41, 5.74) is 4.59. The van der Waals surface area contributed by atoms with Crippen molar-refractivity contribution >= 4 is 18.0 Å². The molecular weight excluding hydrogens is 448 g/mol. The van der Waals surface area contributed by atoms with Crippen LogP contribution in [0.3, 0.4) is 0 Å². The van der Waals surface area contributed by atoms with Gasteiger partial charge < -0.3 is 24.8 Å². The lowest BCUT2D eigenvalue weighted by atomic mass is 9.75.